The lowest BCUT2D eigenvalue weighted by Gasteiger charge is -2.24. The minimum Gasteiger partial charge on any atom is -0.490 e. The van der Waals surface area contributed by atoms with Gasteiger partial charge in [-0.05, 0) is 42.0 Å². The van der Waals surface area contributed by atoms with Crippen LogP contribution in [0, 0.1) is 6.92 Å². The molecule has 0 unspecified atom stereocenters. The molecule has 0 radical (unpaired) electrons. The third-order valence-corrected chi connectivity index (χ3v) is 5.30. The number of aryl methyl sites for hydroxylation is 2. The number of hydrogen-bond acceptors (Lipinski definition) is 5. The average Bonchev–Trinajstić information content (AvgIpc) is 3.04. The van der Waals surface area contributed by atoms with Crippen LogP contribution in [0.4, 0.5) is 0 Å². The zero-order valence-corrected chi connectivity index (χ0v) is 16.5. The number of ether oxygens (including phenoxy) is 1. The van der Waals surface area contributed by atoms with Gasteiger partial charge in [0.05, 0.1) is 16.8 Å². The molecule has 0 fully saturated rings. The summed E-state index contributed by atoms with van der Waals surface area (Å²) < 4.78 is 7.04. The predicted octanol–water partition coefficient (Wildman–Crippen LogP) is 2.92. The average molecular weight is 378 g/mol. The summed E-state index contributed by atoms with van der Waals surface area (Å²) in [5, 5.41) is 7.41. The molecule has 0 bridgehead atoms. The molecule has 0 atom stereocenters. The molecule has 3 rings (SSSR count). The number of nitrogens with zero attached hydrogens (tertiary/aromatic N) is 2. The zero-order valence-electron chi connectivity index (χ0n) is 14.9. The highest BCUT2D eigenvalue weighted by Gasteiger charge is 2.12. The maximum atomic E-state index is 6.40. The number of halogens is 1. The first-order chi connectivity index (χ1) is 12.1. The van der Waals surface area contributed by atoms with E-state index in [4.69, 9.17) is 16.3 Å². The zero-order chi connectivity index (χ0) is 17.8. The Morgan fingerprint density at radius 2 is 2.24 bits per heavy atom. The molecule has 2 aromatic rings. The lowest BCUT2D eigenvalue weighted by Crippen LogP contribution is -2.42. The summed E-state index contributed by atoms with van der Waals surface area (Å²) in [6.45, 7) is 6.17. The smallest absolute Gasteiger partial charge is 0.140 e. The van der Waals surface area contributed by atoms with Crippen molar-refractivity contribution in [3.8, 4) is 5.75 Å². The van der Waals surface area contributed by atoms with Crippen LogP contribution in [0.5, 0.6) is 5.75 Å². The summed E-state index contributed by atoms with van der Waals surface area (Å²) in [7, 11) is 2.04. The SMILES string of the molecule is CCCc1cc(C)c(OCCNC2=c3ccsc3=NCN2C)c(Cl)c1. The third-order valence-electron chi connectivity index (χ3n) is 4.18. The van der Waals surface area contributed by atoms with Crippen molar-refractivity contribution in [1.29, 1.82) is 0 Å². The fourth-order valence-electron chi connectivity index (χ4n) is 3.02. The molecular weight excluding hydrogens is 354 g/mol. The van der Waals surface area contributed by atoms with Crippen LogP contribution in [0.15, 0.2) is 28.6 Å². The number of benzene rings is 1. The minimum absolute atomic E-state index is 0.557. The quantitative estimate of drug-likeness (QED) is 0.754. The fraction of sp³-hybridized carbons (Fsp3) is 0.421. The Labute approximate surface area is 157 Å². The van der Waals surface area contributed by atoms with Gasteiger partial charge in [-0.15, -0.1) is 11.3 Å². The summed E-state index contributed by atoms with van der Waals surface area (Å²) in [4.78, 5) is 6.66. The Hall–Kier alpha value is -1.72. The Morgan fingerprint density at radius 1 is 1.40 bits per heavy atom. The van der Waals surface area contributed by atoms with E-state index in [0.717, 1.165) is 39.9 Å². The van der Waals surface area contributed by atoms with Gasteiger partial charge in [-0.2, -0.15) is 0 Å². The van der Waals surface area contributed by atoms with Gasteiger partial charge < -0.3 is 15.0 Å². The molecule has 1 aromatic heterocycles. The molecule has 134 valence electrons. The summed E-state index contributed by atoms with van der Waals surface area (Å²) in [5.41, 5.74) is 2.36. The van der Waals surface area contributed by atoms with Gasteiger partial charge >= 0.3 is 0 Å². The molecule has 2 heterocycles. The summed E-state index contributed by atoms with van der Waals surface area (Å²) in [6.07, 6.45) is 2.16. The van der Waals surface area contributed by atoms with Crippen LogP contribution in [-0.4, -0.2) is 31.8 Å². The topological polar surface area (TPSA) is 36.9 Å². The van der Waals surface area contributed by atoms with Gasteiger partial charge in [-0.1, -0.05) is 31.0 Å². The summed E-state index contributed by atoms with van der Waals surface area (Å²) in [5.74, 6) is 1.90. The highest BCUT2D eigenvalue weighted by molar-refractivity contribution is 7.07. The number of fused-ring (bicyclic) bond motifs is 1. The van der Waals surface area contributed by atoms with E-state index in [-0.39, 0.29) is 0 Å². The molecule has 6 heteroatoms. The monoisotopic (exact) mass is 377 g/mol. The molecule has 1 aliphatic heterocycles. The summed E-state index contributed by atoms with van der Waals surface area (Å²) >= 11 is 8.08. The Bertz CT molecular complexity index is 839. The number of thiophene rings is 1. The lowest BCUT2D eigenvalue weighted by atomic mass is 10.1. The fourth-order valence-corrected chi connectivity index (χ4v) is 4.12. The van der Waals surface area contributed by atoms with E-state index < -0.39 is 0 Å². The molecule has 0 aliphatic carbocycles. The maximum absolute atomic E-state index is 6.40. The molecule has 1 aromatic carbocycles. The summed E-state index contributed by atoms with van der Waals surface area (Å²) in [6, 6.07) is 6.29. The number of rotatable bonds is 7. The van der Waals surface area contributed by atoms with Crippen LogP contribution >= 0.6 is 22.9 Å². The lowest BCUT2D eigenvalue weighted by molar-refractivity contribution is 0.314. The van der Waals surface area contributed by atoms with Gasteiger partial charge in [-0.3, -0.25) is 4.99 Å². The molecule has 1 N–H and O–H groups in total. The number of nitrogens with one attached hydrogen (secondary N) is 1. The van der Waals surface area contributed by atoms with E-state index in [9.17, 15) is 0 Å². The second-order valence-corrected chi connectivity index (χ2v) is 7.54. The van der Waals surface area contributed by atoms with Crippen LogP contribution in [0.25, 0.3) is 5.82 Å². The van der Waals surface area contributed by atoms with Crippen molar-refractivity contribution in [2.75, 3.05) is 26.9 Å². The van der Waals surface area contributed by atoms with Crippen molar-refractivity contribution in [1.82, 2.24) is 10.2 Å². The van der Waals surface area contributed by atoms with Crippen molar-refractivity contribution in [3.05, 3.63) is 49.6 Å². The molecule has 4 nitrogen and oxygen atoms in total. The third kappa shape index (κ3) is 4.10. The molecule has 1 aliphatic rings. The molecular formula is C19H24ClN3OS. The van der Waals surface area contributed by atoms with E-state index in [2.05, 4.69) is 46.6 Å². The van der Waals surface area contributed by atoms with Gasteiger partial charge in [0.15, 0.2) is 0 Å². The first kappa shape index (κ1) is 18.1. The van der Waals surface area contributed by atoms with Gasteiger partial charge in [-0.25, -0.2) is 0 Å². The van der Waals surface area contributed by atoms with Gasteiger partial charge in [0.25, 0.3) is 0 Å². The molecule has 0 spiro atoms. The Balaban J connectivity index is 1.63. The normalized spacial score (nSPS) is 13.4. The van der Waals surface area contributed by atoms with Gasteiger partial charge in [0, 0.05) is 7.05 Å². The van der Waals surface area contributed by atoms with E-state index in [1.807, 2.05) is 13.1 Å². The Kier molecular flexibility index (Phi) is 5.86. The van der Waals surface area contributed by atoms with Crippen molar-refractivity contribution in [2.24, 2.45) is 4.99 Å². The maximum Gasteiger partial charge on any atom is 0.140 e. The largest absolute Gasteiger partial charge is 0.490 e. The van der Waals surface area contributed by atoms with Crippen LogP contribution in [0.1, 0.15) is 24.5 Å². The molecule has 0 saturated carbocycles. The first-order valence-electron chi connectivity index (χ1n) is 8.59. The standard InChI is InChI=1S/C19H24ClN3OS/c1-4-5-14-10-13(2)17(16(20)11-14)24-8-7-21-18-15-6-9-25-19(15)22-12-23(18)3/h6,9-11,21H,4-5,7-8,12H2,1-3H3. The predicted molar refractivity (Wildman–Crippen MR) is 105 cm³/mol. The van der Waals surface area contributed by atoms with Crippen LogP contribution in [0.3, 0.4) is 0 Å². The minimum atomic E-state index is 0.557. The van der Waals surface area contributed by atoms with Gasteiger partial charge in [0.2, 0.25) is 0 Å². The second kappa shape index (κ2) is 8.11. The van der Waals surface area contributed by atoms with E-state index in [1.54, 1.807) is 11.3 Å². The number of hydrogen-bond donors (Lipinski definition) is 1. The second-order valence-electron chi connectivity index (χ2n) is 6.23. The van der Waals surface area contributed by atoms with E-state index in [0.29, 0.717) is 24.8 Å². The first-order valence-corrected chi connectivity index (χ1v) is 9.85. The van der Waals surface area contributed by atoms with Gasteiger partial charge in [0.1, 0.15) is 29.5 Å². The molecule has 25 heavy (non-hydrogen) atoms. The van der Waals surface area contributed by atoms with Crippen LogP contribution in [0.2, 0.25) is 5.02 Å². The molecule has 0 saturated heterocycles. The van der Waals surface area contributed by atoms with Crippen molar-refractivity contribution < 1.29 is 4.74 Å². The van der Waals surface area contributed by atoms with E-state index in [1.165, 1.54) is 5.56 Å². The van der Waals surface area contributed by atoms with Crippen LogP contribution in [-0.2, 0) is 6.42 Å². The molecule has 0 amide bonds. The van der Waals surface area contributed by atoms with Crippen molar-refractivity contribution >= 4 is 28.8 Å². The highest BCUT2D eigenvalue weighted by atomic mass is 35.5. The highest BCUT2D eigenvalue weighted by Crippen LogP contribution is 2.30. The van der Waals surface area contributed by atoms with E-state index >= 15 is 0 Å². The van der Waals surface area contributed by atoms with Crippen molar-refractivity contribution in [2.45, 2.75) is 26.7 Å². The van der Waals surface area contributed by atoms with Crippen LogP contribution < -0.4 is 19.9 Å². The Morgan fingerprint density at radius 3 is 3.00 bits per heavy atom. The van der Waals surface area contributed by atoms with Crippen molar-refractivity contribution in [3.63, 3.8) is 0 Å².